The van der Waals surface area contributed by atoms with E-state index in [1.807, 2.05) is 6.92 Å². The molecule has 76 valence electrons. The first-order valence-electron chi connectivity index (χ1n) is 4.24. The Labute approximate surface area is 91.8 Å². The van der Waals surface area contributed by atoms with Crippen LogP contribution in [0.2, 0.25) is 10.0 Å². The molecule has 4 heteroatoms. The highest BCUT2D eigenvalue weighted by Gasteiger charge is 2.15. The predicted octanol–water partition coefficient (Wildman–Crippen LogP) is 4.12. The normalized spacial score (nSPS) is 10.3. The molecule has 0 N–H and O–H groups in total. The smallest absolute Gasteiger partial charge is 0.167 e. The second kappa shape index (κ2) is 4.76. The minimum Gasteiger partial charge on any atom is -0.294 e. The summed E-state index contributed by atoms with van der Waals surface area (Å²) in [7, 11) is 0. The molecule has 14 heavy (non-hydrogen) atoms. The van der Waals surface area contributed by atoms with Crippen LogP contribution < -0.4 is 0 Å². The monoisotopic (exact) mass is 234 g/mol. The Bertz CT molecular complexity index is 340. The highest BCUT2D eigenvalue weighted by Crippen LogP contribution is 2.25. The van der Waals surface area contributed by atoms with Crippen molar-refractivity contribution in [3.05, 3.63) is 33.6 Å². The van der Waals surface area contributed by atoms with Gasteiger partial charge in [-0.3, -0.25) is 4.79 Å². The maximum absolute atomic E-state index is 13.3. The van der Waals surface area contributed by atoms with Crippen LogP contribution in [0.15, 0.2) is 12.1 Å². The Hall–Kier alpha value is -0.600. The van der Waals surface area contributed by atoms with Gasteiger partial charge in [-0.2, -0.15) is 0 Å². The SMILES string of the molecule is CCCC(=O)c1c(F)cc(Cl)cc1Cl. The molecule has 0 spiro atoms. The summed E-state index contributed by atoms with van der Waals surface area (Å²) in [6, 6.07) is 2.46. The zero-order chi connectivity index (χ0) is 10.7. The molecule has 0 fully saturated rings. The molecule has 0 saturated heterocycles. The van der Waals surface area contributed by atoms with Crippen molar-refractivity contribution in [2.45, 2.75) is 19.8 Å². The molecule has 0 aromatic heterocycles. The summed E-state index contributed by atoms with van der Waals surface area (Å²) < 4.78 is 13.3. The molecule has 0 aliphatic heterocycles. The van der Waals surface area contributed by atoms with Gasteiger partial charge in [0.15, 0.2) is 5.78 Å². The third-order valence-corrected chi connectivity index (χ3v) is 2.28. The molecule has 0 aliphatic carbocycles. The van der Waals surface area contributed by atoms with Gasteiger partial charge in [-0.15, -0.1) is 0 Å². The first kappa shape index (κ1) is 11.5. The van der Waals surface area contributed by atoms with Crippen LogP contribution in [0.5, 0.6) is 0 Å². The number of hydrogen-bond donors (Lipinski definition) is 0. The van der Waals surface area contributed by atoms with E-state index in [0.717, 1.165) is 6.07 Å². The molecule has 0 amide bonds. The van der Waals surface area contributed by atoms with Gasteiger partial charge in [0.1, 0.15) is 5.82 Å². The predicted molar refractivity (Wildman–Crippen MR) is 55.7 cm³/mol. The van der Waals surface area contributed by atoms with Crippen LogP contribution >= 0.6 is 23.2 Å². The van der Waals surface area contributed by atoms with E-state index in [-0.39, 0.29) is 27.8 Å². The molecule has 1 rings (SSSR count). The van der Waals surface area contributed by atoms with Gasteiger partial charge >= 0.3 is 0 Å². The molecule has 0 heterocycles. The highest BCUT2D eigenvalue weighted by atomic mass is 35.5. The van der Waals surface area contributed by atoms with Crippen LogP contribution in [-0.2, 0) is 0 Å². The molecule has 1 nitrogen and oxygen atoms in total. The summed E-state index contributed by atoms with van der Waals surface area (Å²) >= 11 is 11.3. The lowest BCUT2D eigenvalue weighted by molar-refractivity contribution is 0.0978. The lowest BCUT2D eigenvalue weighted by Gasteiger charge is -2.04. The number of hydrogen-bond acceptors (Lipinski definition) is 1. The Morgan fingerprint density at radius 1 is 1.43 bits per heavy atom. The van der Waals surface area contributed by atoms with Crippen LogP contribution in [0, 0.1) is 5.82 Å². The van der Waals surface area contributed by atoms with Crippen molar-refractivity contribution in [2.75, 3.05) is 0 Å². The van der Waals surface area contributed by atoms with Gasteiger partial charge in [0, 0.05) is 11.4 Å². The molecule has 0 radical (unpaired) electrons. The van der Waals surface area contributed by atoms with Crippen LogP contribution in [0.3, 0.4) is 0 Å². The molecule has 0 saturated carbocycles. The second-order valence-corrected chi connectivity index (χ2v) is 3.76. The van der Waals surface area contributed by atoms with Gasteiger partial charge < -0.3 is 0 Å². The lowest BCUT2D eigenvalue weighted by Crippen LogP contribution is -2.02. The van der Waals surface area contributed by atoms with E-state index < -0.39 is 5.82 Å². The van der Waals surface area contributed by atoms with Gasteiger partial charge in [-0.05, 0) is 18.6 Å². The van der Waals surface area contributed by atoms with Crippen molar-refractivity contribution in [1.29, 1.82) is 0 Å². The third kappa shape index (κ3) is 2.46. The van der Waals surface area contributed by atoms with Crippen molar-refractivity contribution in [3.8, 4) is 0 Å². The van der Waals surface area contributed by atoms with Gasteiger partial charge in [-0.25, -0.2) is 4.39 Å². The van der Waals surface area contributed by atoms with Crippen LogP contribution in [-0.4, -0.2) is 5.78 Å². The van der Waals surface area contributed by atoms with Gasteiger partial charge in [0.25, 0.3) is 0 Å². The minimum absolute atomic E-state index is 0.0575. The quantitative estimate of drug-likeness (QED) is 0.720. The topological polar surface area (TPSA) is 17.1 Å². The van der Waals surface area contributed by atoms with Gasteiger partial charge in [0.05, 0.1) is 10.6 Å². The largest absolute Gasteiger partial charge is 0.294 e. The van der Waals surface area contributed by atoms with E-state index in [1.165, 1.54) is 6.07 Å². The van der Waals surface area contributed by atoms with Gasteiger partial charge in [-0.1, -0.05) is 30.1 Å². The zero-order valence-corrected chi connectivity index (χ0v) is 9.12. The summed E-state index contributed by atoms with van der Waals surface area (Å²) in [5.41, 5.74) is -0.0575. The summed E-state index contributed by atoms with van der Waals surface area (Å²) in [5, 5.41) is 0.272. The molecular weight excluding hydrogens is 226 g/mol. The van der Waals surface area contributed by atoms with Crippen molar-refractivity contribution >= 4 is 29.0 Å². The van der Waals surface area contributed by atoms with Crippen LogP contribution in [0.1, 0.15) is 30.1 Å². The van der Waals surface area contributed by atoms with E-state index in [9.17, 15) is 9.18 Å². The fourth-order valence-corrected chi connectivity index (χ4v) is 1.73. The third-order valence-electron chi connectivity index (χ3n) is 1.76. The standard InChI is InChI=1S/C10H9Cl2FO/c1-2-3-9(14)10-7(12)4-6(11)5-8(10)13/h4-5H,2-3H2,1H3. The Morgan fingerprint density at radius 3 is 2.57 bits per heavy atom. The van der Waals surface area contributed by atoms with E-state index in [1.54, 1.807) is 0 Å². The summed E-state index contributed by atoms with van der Waals surface area (Å²) in [6.45, 7) is 1.85. The molecule has 0 atom stereocenters. The summed E-state index contributed by atoms with van der Waals surface area (Å²) in [5.74, 6) is -0.937. The number of carbonyl (C=O) groups excluding carboxylic acids is 1. The highest BCUT2D eigenvalue weighted by molar-refractivity contribution is 6.36. The number of halogens is 3. The summed E-state index contributed by atoms with van der Waals surface area (Å²) in [4.78, 5) is 11.4. The average Bonchev–Trinajstić information content (AvgIpc) is 2.01. The van der Waals surface area contributed by atoms with Crippen molar-refractivity contribution < 1.29 is 9.18 Å². The Balaban J connectivity index is 3.14. The fourth-order valence-electron chi connectivity index (χ4n) is 1.16. The maximum atomic E-state index is 13.3. The minimum atomic E-state index is -0.652. The second-order valence-electron chi connectivity index (χ2n) is 2.92. The molecule has 1 aromatic rings. The van der Waals surface area contributed by atoms with E-state index in [2.05, 4.69) is 0 Å². The maximum Gasteiger partial charge on any atom is 0.167 e. The molecule has 0 unspecified atom stereocenters. The first-order chi connectivity index (χ1) is 6.56. The number of benzene rings is 1. The Morgan fingerprint density at radius 2 is 2.07 bits per heavy atom. The van der Waals surface area contributed by atoms with Gasteiger partial charge in [0.2, 0.25) is 0 Å². The molecular formula is C10H9Cl2FO. The molecule has 0 aliphatic rings. The number of Topliss-reactive ketones (excluding diaryl/α,β-unsaturated/α-hetero) is 1. The van der Waals surface area contributed by atoms with E-state index in [0.29, 0.717) is 6.42 Å². The van der Waals surface area contributed by atoms with Crippen molar-refractivity contribution in [3.63, 3.8) is 0 Å². The molecule has 1 aromatic carbocycles. The summed E-state index contributed by atoms with van der Waals surface area (Å²) in [6.07, 6.45) is 0.954. The average molecular weight is 235 g/mol. The Kier molecular flexibility index (Phi) is 3.90. The van der Waals surface area contributed by atoms with Crippen molar-refractivity contribution in [2.24, 2.45) is 0 Å². The van der Waals surface area contributed by atoms with E-state index >= 15 is 0 Å². The van der Waals surface area contributed by atoms with Crippen LogP contribution in [0.25, 0.3) is 0 Å². The number of ketones is 1. The lowest BCUT2D eigenvalue weighted by atomic mass is 10.1. The number of rotatable bonds is 3. The van der Waals surface area contributed by atoms with Crippen LogP contribution in [0.4, 0.5) is 4.39 Å². The van der Waals surface area contributed by atoms with Crippen molar-refractivity contribution in [1.82, 2.24) is 0 Å². The number of carbonyl (C=O) groups is 1. The fraction of sp³-hybridized carbons (Fsp3) is 0.300. The molecule has 0 bridgehead atoms. The zero-order valence-electron chi connectivity index (χ0n) is 7.61. The first-order valence-corrected chi connectivity index (χ1v) is 4.99. The van der Waals surface area contributed by atoms with E-state index in [4.69, 9.17) is 23.2 Å².